The highest BCUT2D eigenvalue weighted by atomic mass is 35.5. The summed E-state index contributed by atoms with van der Waals surface area (Å²) in [7, 11) is 3.39. The number of nitrogens with two attached hydrogens (primary N) is 1. The maximum atomic E-state index is 13.3. The molecule has 0 radical (unpaired) electrons. The first kappa shape index (κ1) is 35.1. The Bertz CT molecular complexity index is 1310. The molecule has 13 heteroatoms. The number of aromatic nitrogens is 2. The average molecular weight is 611 g/mol. The standard InChI is InChI=1S/C29H42N4O8.ClH/c1-21(2)41-27-20-25-24(32(3)29(35)33(25)4)19-23(27)31-28(34)22-7-5-6-8-26(22)40-18-17-39-16-15-38-14-13-37-12-11-36-10-9-30;/h5-8,19-21H,9-18,30H2,1-4H3,(H,31,34);1H. The number of halogens is 1. The minimum atomic E-state index is -0.364. The molecule has 0 bridgehead atoms. The molecule has 0 aliphatic heterocycles. The summed E-state index contributed by atoms with van der Waals surface area (Å²) in [6.07, 6.45) is -0.134. The quantitative estimate of drug-likeness (QED) is 0.196. The molecule has 0 saturated carbocycles. The van der Waals surface area contributed by atoms with Gasteiger partial charge in [-0.15, -0.1) is 12.4 Å². The van der Waals surface area contributed by atoms with Crippen molar-refractivity contribution in [3.63, 3.8) is 0 Å². The predicted octanol–water partition coefficient (Wildman–Crippen LogP) is 2.74. The van der Waals surface area contributed by atoms with Crippen LogP contribution < -0.4 is 26.2 Å². The van der Waals surface area contributed by atoms with E-state index in [1.165, 1.54) is 4.57 Å². The van der Waals surface area contributed by atoms with E-state index in [9.17, 15) is 9.59 Å². The SMILES string of the molecule is CC(C)Oc1cc2c(cc1NC(=O)c1ccccc1OCCOCCOCCOCCOCCN)n(C)c(=O)n2C.Cl. The second-order valence-electron chi connectivity index (χ2n) is 9.44. The van der Waals surface area contributed by atoms with Crippen molar-refractivity contribution >= 4 is 35.0 Å². The van der Waals surface area contributed by atoms with Crippen LogP contribution in [0, 0.1) is 0 Å². The number of nitrogens with zero attached hydrogens (tertiary/aromatic N) is 2. The van der Waals surface area contributed by atoms with Gasteiger partial charge in [-0.25, -0.2) is 4.79 Å². The van der Waals surface area contributed by atoms with Crippen molar-refractivity contribution < 1.29 is 33.2 Å². The van der Waals surface area contributed by atoms with Crippen LogP contribution in [0.2, 0.25) is 0 Å². The van der Waals surface area contributed by atoms with Crippen LogP contribution in [0.15, 0.2) is 41.2 Å². The highest BCUT2D eigenvalue weighted by Gasteiger charge is 2.19. The van der Waals surface area contributed by atoms with Gasteiger partial charge in [0, 0.05) is 26.7 Å². The molecule has 0 aliphatic carbocycles. The van der Waals surface area contributed by atoms with E-state index in [2.05, 4.69) is 5.32 Å². The zero-order valence-corrected chi connectivity index (χ0v) is 25.6. The summed E-state index contributed by atoms with van der Waals surface area (Å²) < 4.78 is 36.6. The number of carbonyl (C=O) groups is 1. The van der Waals surface area contributed by atoms with Crippen molar-refractivity contribution in [2.24, 2.45) is 19.8 Å². The van der Waals surface area contributed by atoms with Crippen LogP contribution in [0.3, 0.4) is 0 Å². The second-order valence-corrected chi connectivity index (χ2v) is 9.44. The molecular formula is C29H43ClN4O8. The number of amides is 1. The van der Waals surface area contributed by atoms with Gasteiger partial charge in [0.1, 0.15) is 18.1 Å². The van der Waals surface area contributed by atoms with Crippen molar-refractivity contribution in [3.8, 4) is 11.5 Å². The van der Waals surface area contributed by atoms with Gasteiger partial charge in [0.05, 0.1) is 81.2 Å². The first-order chi connectivity index (χ1) is 19.8. The maximum absolute atomic E-state index is 13.3. The minimum absolute atomic E-state index is 0. The van der Waals surface area contributed by atoms with Crippen molar-refractivity contribution in [2.45, 2.75) is 20.0 Å². The van der Waals surface area contributed by atoms with Gasteiger partial charge in [0.2, 0.25) is 0 Å². The molecule has 1 amide bonds. The second kappa shape index (κ2) is 18.4. The van der Waals surface area contributed by atoms with Crippen molar-refractivity contribution in [1.29, 1.82) is 0 Å². The molecule has 0 saturated heterocycles. The van der Waals surface area contributed by atoms with E-state index >= 15 is 0 Å². The molecule has 0 unspecified atom stereocenters. The molecule has 3 aromatic rings. The first-order valence-corrected chi connectivity index (χ1v) is 13.7. The lowest BCUT2D eigenvalue weighted by Crippen LogP contribution is -2.19. The Labute approximate surface area is 252 Å². The number of ether oxygens (including phenoxy) is 6. The number of nitrogens with one attached hydrogen (secondary N) is 1. The summed E-state index contributed by atoms with van der Waals surface area (Å²) in [5, 5.41) is 2.93. The van der Waals surface area contributed by atoms with E-state index in [0.717, 1.165) is 0 Å². The van der Waals surface area contributed by atoms with Crippen molar-refractivity contribution in [3.05, 3.63) is 52.4 Å². The number of para-hydroxylation sites is 1. The smallest absolute Gasteiger partial charge is 0.328 e. The van der Waals surface area contributed by atoms with Crippen LogP contribution in [-0.2, 0) is 33.0 Å². The van der Waals surface area contributed by atoms with E-state index in [4.69, 9.17) is 34.2 Å². The molecule has 1 heterocycles. The first-order valence-electron chi connectivity index (χ1n) is 13.7. The lowest BCUT2D eigenvalue weighted by atomic mass is 10.1. The summed E-state index contributed by atoms with van der Waals surface area (Å²) >= 11 is 0. The maximum Gasteiger partial charge on any atom is 0.328 e. The van der Waals surface area contributed by atoms with Crippen LogP contribution in [0.1, 0.15) is 24.2 Å². The Morgan fingerprint density at radius 1 is 0.810 bits per heavy atom. The third-order valence-electron chi connectivity index (χ3n) is 5.98. The summed E-state index contributed by atoms with van der Waals surface area (Å²) in [4.78, 5) is 25.8. The monoisotopic (exact) mass is 610 g/mol. The molecule has 2 aromatic carbocycles. The van der Waals surface area contributed by atoms with Gasteiger partial charge in [-0.05, 0) is 32.0 Å². The summed E-state index contributed by atoms with van der Waals surface area (Å²) in [5.41, 5.74) is 7.38. The fourth-order valence-corrected chi connectivity index (χ4v) is 4.00. The lowest BCUT2D eigenvalue weighted by Gasteiger charge is -2.17. The average Bonchev–Trinajstić information content (AvgIpc) is 3.16. The molecule has 42 heavy (non-hydrogen) atoms. The Morgan fingerprint density at radius 2 is 1.33 bits per heavy atom. The molecule has 12 nitrogen and oxygen atoms in total. The molecular weight excluding hydrogens is 568 g/mol. The van der Waals surface area contributed by atoms with Crippen LogP contribution in [0.5, 0.6) is 11.5 Å². The molecule has 0 atom stereocenters. The number of imidazole rings is 1. The summed E-state index contributed by atoms with van der Waals surface area (Å²) in [5.74, 6) is 0.535. The third-order valence-corrected chi connectivity index (χ3v) is 5.98. The van der Waals surface area contributed by atoms with Gasteiger partial charge in [0.15, 0.2) is 0 Å². The Kier molecular flexibility index (Phi) is 15.4. The number of carbonyl (C=O) groups excluding carboxylic acids is 1. The number of rotatable bonds is 19. The molecule has 0 aliphatic rings. The Morgan fingerprint density at radius 3 is 1.90 bits per heavy atom. The van der Waals surface area contributed by atoms with Crippen LogP contribution in [0.25, 0.3) is 11.0 Å². The summed E-state index contributed by atoms with van der Waals surface area (Å²) in [6.45, 7) is 8.24. The van der Waals surface area contributed by atoms with Gasteiger partial charge in [-0.1, -0.05) is 12.1 Å². The topological polar surface area (TPSA) is 137 Å². The molecule has 1 aromatic heterocycles. The highest BCUT2D eigenvalue weighted by Crippen LogP contribution is 2.32. The van der Waals surface area contributed by atoms with Gasteiger partial charge in [-0.2, -0.15) is 0 Å². The predicted molar refractivity (Wildman–Crippen MR) is 163 cm³/mol. The number of benzene rings is 2. The summed E-state index contributed by atoms with van der Waals surface area (Å²) in [6, 6.07) is 10.5. The molecule has 3 rings (SSSR count). The van der Waals surface area contributed by atoms with Crippen molar-refractivity contribution in [1.82, 2.24) is 9.13 Å². The van der Waals surface area contributed by atoms with Crippen LogP contribution in [-0.4, -0.2) is 87.2 Å². The fourth-order valence-electron chi connectivity index (χ4n) is 4.00. The molecule has 3 N–H and O–H groups in total. The third kappa shape index (κ3) is 10.3. The van der Waals surface area contributed by atoms with Crippen LogP contribution in [0.4, 0.5) is 5.69 Å². The van der Waals surface area contributed by atoms with Crippen LogP contribution >= 0.6 is 12.4 Å². The van der Waals surface area contributed by atoms with E-state index in [1.807, 2.05) is 13.8 Å². The number of aryl methyl sites for hydroxylation is 2. The number of hydrogen-bond donors (Lipinski definition) is 2. The number of hydrogen-bond acceptors (Lipinski definition) is 9. The zero-order valence-electron chi connectivity index (χ0n) is 24.8. The number of anilines is 1. The van der Waals surface area contributed by atoms with E-state index in [1.54, 1.807) is 55.1 Å². The Balaban J connectivity index is 0.00000616. The molecule has 234 valence electrons. The molecule has 0 spiro atoms. The van der Waals surface area contributed by atoms with Crippen molar-refractivity contribution in [2.75, 3.05) is 71.3 Å². The largest absolute Gasteiger partial charge is 0.490 e. The minimum Gasteiger partial charge on any atom is -0.490 e. The number of fused-ring (bicyclic) bond motifs is 1. The highest BCUT2D eigenvalue weighted by molar-refractivity contribution is 6.07. The van der Waals surface area contributed by atoms with E-state index < -0.39 is 0 Å². The normalized spacial score (nSPS) is 11.1. The zero-order chi connectivity index (χ0) is 29.6. The van der Waals surface area contributed by atoms with Gasteiger partial charge < -0.3 is 39.5 Å². The lowest BCUT2D eigenvalue weighted by molar-refractivity contribution is -0.00388. The van der Waals surface area contributed by atoms with Gasteiger partial charge in [0.25, 0.3) is 5.91 Å². The fraction of sp³-hybridized carbons (Fsp3) is 0.517. The van der Waals surface area contributed by atoms with Gasteiger partial charge in [-0.3, -0.25) is 13.9 Å². The molecule has 0 fully saturated rings. The van der Waals surface area contributed by atoms with E-state index in [0.29, 0.717) is 93.2 Å². The Hall–Kier alpha value is -3.13. The van der Waals surface area contributed by atoms with Gasteiger partial charge >= 0.3 is 5.69 Å². The van der Waals surface area contributed by atoms with E-state index in [-0.39, 0.29) is 36.7 Å².